The number of hydrogen-bond donors (Lipinski definition) is 3. The zero-order valence-corrected chi connectivity index (χ0v) is 20.7. The fourth-order valence-electron chi connectivity index (χ4n) is 5.57. The number of likely N-dealkylation sites (N-methyl/N-ethyl adjacent to an activating group) is 1. The standard InChI is InChI=1S/C28H32N6O2/c1-17-13-21(9-10-25(17)34-16-22-14-23(34)15-33(22)2)31-28-29-12-11-24(32-28)18-3-5-19(6-4-18)26(27(35)36)30-20-7-8-20/h3-6,9-13,20,22-23,26,30H,7-8,14-16H2,1-2H3,(H,35,36)(H,29,31,32). The number of hydrogen-bond acceptors (Lipinski definition) is 7. The molecule has 0 spiro atoms. The van der Waals surface area contributed by atoms with E-state index in [0.717, 1.165) is 48.4 Å². The average Bonchev–Trinajstić information content (AvgIpc) is 3.50. The first-order valence-corrected chi connectivity index (χ1v) is 12.7. The zero-order chi connectivity index (χ0) is 24.8. The summed E-state index contributed by atoms with van der Waals surface area (Å²) in [6.45, 7) is 4.40. The smallest absolute Gasteiger partial charge is 0.325 e. The third-order valence-corrected chi connectivity index (χ3v) is 7.70. The van der Waals surface area contributed by atoms with Gasteiger partial charge < -0.3 is 15.3 Å². The van der Waals surface area contributed by atoms with Crippen molar-refractivity contribution in [2.45, 2.75) is 50.4 Å². The number of aliphatic carboxylic acids is 1. The molecular formula is C28H32N6O2. The Balaban J connectivity index is 1.16. The summed E-state index contributed by atoms with van der Waals surface area (Å²) in [6.07, 6.45) is 5.08. The molecule has 36 heavy (non-hydrogen) atoms. The van der Waals surface area contributed by atoms with Gasteiger partial charge in [0.25, 0.3) is 0 Å². The highest BCUT2D eigenvalue weighted by Crippen LogP contribution is 2.36. The summed E-state index contributed by atoms with van der Waals surface area (Å²) in [5, 5.41) is 16.2. The summed E-state index contributed by atoms with van der Waals surface area (Å²) < 4.78 is 0. The van der Waals surface area contributed by atoms with E-state index in [1.165, 1.54) is 17.7 Å². The van der Waals surface area contributed by atoms with Crippen LogP contribution in [0.25, 0.3) is 11.3 Å². The molecule has 2 aromatic carbocycles. The quantitative estimate of drug-likeness (QED) is 0.442. The molecule has 8 nitrogen and oxygen atoms in total. The van der Waals surface area contributed by atoms with Gasteiger partial charge in [-0.3, -0.25) is 15.0 Å². The molecule has 3 N–H and O–H groups in total. The number of carbonyl (C=O) groups is 1. The Hall–Kier alpha value is -3.49. The number of carboxylic acid groups (broad SMARTS) is 1. The molecule has 3 heterocycles. The summed E-state index contributed by atoms with van der Waals surface area (Å²) >= 11 is 0. The van der Waals surface area contributed by atoms with Gasteiger partial charge in [0.15, 0.2) is 0 Å². The van der Waals surface area contributed by atoms with Gasteiger partial charge in [-0.2, -0.15) is 0 Å². The molecule has 186 valence electrons. The number of likely N-dealkylation sites (tertiary alicyclic amines) is 1. The van der Waals surface area contributed by atoms with Crippen LogP contribution in [0.1, 0.15) is 36.4 Å². The van der Waals surface area contributed by atoms with Crippen LogP contribution in [-0.4, -0.2) is 64.2 Å². The third kappa shape index (κ3) is 4.54. The minimum absolute atomic E-state index is 0.311. The Labute approximate surface area is 211 Å². The summed E-state index contributed by atoms with van der Waals surface area (Å²) in [5.41, 5.74) is 5.97. The summed E-state index contributed by atoms with van der Waals surface area (Å²) in [4.78, 5) is 25.9. The maximum Gasteiger partial charge on any atom is 0.325 e. The van der Waals surface area contributed by atoms with E-state index < -0.39 is 12.0 Å². The minimum Gasteiger partial charge on any atom is -0.480 e. The van der Waals surface area contributed by atoms with Crippen molar-refractivity contribution >= 4 is 23.3 Å². The predicted molar refractivity (Wildman–Crippen MR) is 141 cm³/mol. The number of carboxylic acids is 1. The molecule has 0 radical (unpaired) electrons. The van der Waals surface area contributed by atoms with Crippen LogP contribution < -0.4 is 15.5 Å². The van der Waals surface area contributed by atoms with Gasteiger partial charge in [-0.05, 0) is 68.6 Å². The summed E-state index contributed by atoms with van der Waals surface area (Å²) in [5.74, 6) is -0.321. The van der Waals surface area contributed by atoms with Crippen molar-refractivity contribution in [1.82, 2.24) is 20.2 Å². The van der Waals surface area contributed by atoms with Gasteiger partial charge in [0.2, 0.25) is 5.95 Å². The van der Waals surface area contributed by atoms with E-state index >= 15 is 0 Å². The van der Waals surface area contributed by atoms with Crippen molar-refractivity contribution in [3.63, 3.8) is 0 Å². The number of anilines is 3. The van der Waals surface area contributed by atoms with Crippen molar-refractivity contribution in [1.29, 1.82) is 0 Å². The van der Waals surface area contributed by atoms with E-state index in [1.807, 2.05) is 30.3 Å². The number of nitrogens with one attached hydrogen (secondary N) is 2. The van der Waals surface area contributed by atoms with Crippen molar-refractivity contribution in [2.24, 2.45) is 0 Å². The van der Waals surface area contributed by atoms with Crippen molar-refractivity contribution < 1.29 is 9.90 Å². The molecule has 6 rings (SSSR count). The third-order valence-electron chi connectivity index (χ3n) is 7.70. The number of piperazine rings is 1. The van der Waals surface area contributed by atoms with Gasteiger partial charge in [0.1, 0.15) is 6.04 Å². The predicted octanol–water partition coefficient (Wildman–Crippen LogP) is 3.97. The van der Waals surface area contributed by atoms with E-state index in [4.69, 9.17) is 4.98 Å². The Bertz CT molecular complexity index is 1270. The lowest BCUT2D eigenvalue weighted by molar-refractivity contribution is -0.139. The molecule has 2 saturated heterocycles. The molecule has 1 saturated carbocycles. The molecule has 3 atom stereocenters. The van der Waals surface area contributed by atoms with E-state index in [-0.39, 0.29) is 0 Å². The fraction of sp³-hybridized carbons (Fsp3) is 0.393. The summed E-state index contributed by atoms with van der Waals surface area (Å²) in [7, 11) is 2.23. The number of benzene rings is 2. The maximum absolute atomic E-state index is 11.7. The van der Waals surface area contributed by atoms with Gasteiger partial charge in [-0.25, -0.2) is 9.97 Å². The van der Waals surface area contributed by atoms with Gasteiger partial charge in [-0.15, -0.1) is 0 Å². The number of fused-ring (bicyclic) bond motifs is 2. The topological polar surface area (TPSA) is 93.6 Å². The molecule has 1 aliphatic carbocycles. The molecular weight excluding hydrogens is 452 g/mol. The molecule has 2 aliphatic heterocycles. The fourth-order valence-corrected chi connectivity index (χ4v) is 5.57. The second-order valence-electron chi connectivity index (χ2n) is 10.4. The van der Waals surface area contributed by atoms with Crippen LogP contribution in [-0.2, 0) is 4.79 Å². The lowest BCUT2D eigenvalue weighted by Crippen LogP contribution is -2.44. The van der Waals surface area contributed by atoms with Crippen LogP contribution >= 0.6 is 0 Å². The van der Waals surface area contributed by atoms with Gasteiger partial charge in [-0.1, -0.05) is 24.3 Å². The highest BCUT2D eigenvalue weighted by molar-refractivity contribution is 5.76. The van der Waals surface area contributed by atoms with Crippen LogP contribution in [0.2, 0.25) is 0 Å². The number of nitrogens with zero attached hydrogens (tertiary/aromatic N) is 4. The number of rotatable bonds is 8. The molecule has 2 bridgehead atoms. The van der Waals surface area contributed by atoms with Crippen LogP contribution in [0.4, 0.5) is 17.3 Å². The molecule has 3 aliphatic rings. The Morgan fingerprint density at radius 3 is 2.53 bits per heavy atom. The molecule has 3 aromatic rings. The molecule has 8 heteroatoms. The molecule has 0 amide bonds. The van der Waals surface area contributed by atoms with Crippen molar-refractivity contribution in [3.05, 3.63) is 65.9 Å². The molecule has 1 aromatic heterocycles. The maximum atomic E-state index is 11.7. The number of aromatic nitrogens is 2. The zero-order valence-electron chi connectivity index (χ0n) is 20.7. The first kappa shape index (κ1) is 22.9. The SMILES string of the molecule is Cc1cc(Nc2nccc(-c3ccc(C(NC4CC4)C(=O)O)cc3)n2)ccc1N1CC2CC1CN2C. The Morgan fingerprint density at radius 1 is 1.08 bits per heavy atom. The van der Waals surface area contributed by atoms with E-state index in [0.29, 0.717) is 24.1 Å². The van der Waals surface area contributed by atoms with Gasteiger partial charge in [0, 0.05) is 54.4 Å². The van der Waals surface area contributed by atoms with E-state index in [2.05, 4.69) is 57.6 Å². The van der Waals surface area contributed by atoms with Crippen molar-refractivity contribution in [3.8, 4) is 11.3 Å². The number of aryl methyl sites for hydroxylation is 1. The van der Waals surface area contributed by atoms with Crippen LogP contribution in [0.15, 0.2) is 54.7 Å². The lowest BCUT2D eigenvalue weighted by atomic mass is 10.0. The lowest BCUT2D eigenvalue weighted by Gasteiger charge is -2.34. The minimum atomic E-state index is -0.853. The van der Waals surface area contributed by atoms with Gasteiger partial charge in [0.05, 0.1) is 5.69 Å². The highest BCUT2D eigenvalue weighted by atomic mass is 16.4. The van der Waals surface area contributed by atoms with Crippen LogP contribution in [0.5, 0.6) is 0 Å². The molecule has 3 fully saturated rings. The second-order valence-corrected chi connectivity index (χ2v) is 10.4. The average molecular weight is 485 g/mol. The Morgan fingerprint density at radius 2 is 1.89 bits per heavy atom. The molecule has 3 unspecified atom stereocenters. The van der Waals surface area contributed by atoms with Gasteiger partial charge >= 0.3 is 5.97 Å². The monoisotopic (exact) mass is 484 g/mol. The summed E-state index contributed by atoms with van der Waals surface area (Å²) in [6, 6.07) is 16.8. The largest absolute Gasteiger partial charge is 0.480 e. The van der Waals surface area contributed by atoms with Crippen LogP contribution in [0, 0.1) is 6.92 Å². The first-order chi connectivity index (χ1) is 17.4. The van der Waals surface area contributed by atoms with E-state index in [9.17, 15) is 9.90 Å². The highest BCUT2D eigenvalue weighted by Gasteiger charge is 2.41. The van der Waals surface area contributed by atoms with Crippen LogP contribution in [0.3, 0.4) is 0 Å². The first-order valence-electron chi connectivity index (χ1n) is 12.7. The second kappa shape index (κ2) is 9.19. The normalized spacial score (nSPS) is 22.1. The van der Waals surface area contributed by atoms with Crippen molar-refractivity contribution in [2.75, 3.05) is 30.4 Å². The Kier molecular flexibility index (Phi) is 5.85. The van der Waals surface area contributed by atoms with E-state index in [1.54, 1.807) is 6.20 Å².